The van der Waals surface area contributed by atoms with Crippen LogP contribution < -0.4 is 5.32 Å². The van der Waals surface area contributed by atoms with E-state index in [1.165, 1.54) is 44.9 Å². The minimum absolute atomic E-state index is 0.242. The Labute approximate surface area is 115 Å². The number of hydrogen-bond donors (Lipinski definition) is 1. The lowest BCUT2D eigenvalue weighted by Gasteiger charge is -2.33. The first-order valence-electron chi connectivity index (χ1n) is 7.70. The summed E-state index contributed by atoms with van der Waals surface area (Å²) in [5.41, 5.74) is 0.242. The minimum Gasteiger partial charge on any atom is -0.465 e. The lowest BCUT2D eigenvalue weighted by Crippen LogP contribution is -2.34. The van der Waals surface area contributed by atoms with Crippen LogP contribution in [-0.2, 0) is 11.3 Å². The highest BCUT2D eigenvalue weighted by Gasteiger charge is 2.40. The summed E-state index contributed by atoms with van der Waals surface area (Å²) >= 11 is 0. The zero-order valence-electron chi connectivity index (χ0n) is 11.9. The molecule has 1 saturated carbocycles. The number of ether oxygens (including phenoxy) is 1. The molecule has 1 saturated heterocycles. The van der Waals surface area contributed by atoms with Gasteiger partial charge in [0.1, 0.15) is 11.5 Å². The van der Waals surface area contributed by atoms with Crippen molar-refractivity contribution in [3.8, 4) is 0 Å². The Morgan fingerprint density at radius 1 is 1.21 bits per heavy atom. The molecule has 2 heterocycles. The van der Waals surface area contributed by atoms with Gasteiger partial charge in [-0.2, -0.15) is 0 Å². The molecule has 3 heteroatoms. The molecule has 1 unspecified atom stereocenters. The van der Waals surface area contributed by atoms with Gasteiger partial charge in [0.15, 0.2) is 0 Å². The van der Waals surface area contributed by atoms with Gasteiger partial charge in [0, 0.05) is 6.54 Å². The Balaban J connectivity index is 1.42. The van der Waals surface area contributed by atoms with Gasteiger partial charge in [-0.05, 0) is 44.7 Å². The number of aryl methyl sites for hydroxylation is 1. The van der Waals surface area contributed by atoms with Crippen LogP contribution in [0.1, 0.15) is 56.5 Å². The van der Waals surface area contributed by atoms with Crippen molar-refractivity contribution >= 4 is 0 Å². The first-order chi connectivity index (χ1) is 9.26. The van der Waals surface area contributed by atoms with Crippen LogP contribution in [0.4, 0.5) is 0 Å². The molecule has 2 aliphatic rings. The van der Waals surface area contributed by atoms with Crippen LogP contribution in [-0.4, -0.2) is 18.2 Å². The van der Waals surface area contributed by atoms with Crippen molar-refractivity contribution < 1.29 is 9.15 Å². The van der Waals surface area contributed by atoms with Crippen molar-refractivity contribution in [2.75, 3.05) is 6.54 Å². The average molecular weight is 263 g/mol. The molecule has 19 heavy (non-hydrogen) atoms. The number of furan rings is 1. The quantitative estimate of drug-likeness (QED) is 0.902. The minimum atomic E-state index is 0.242. The molecule has 0 aromatic carbocycles. The molecule has 3 rings (SSSR count). The molecule has 1 aliphatic heterocycles. The highest BCUT2D eigenvalue weighted by molar-refractivity contribution is 5.05. The first kappa shape index (κ1) is 13.2. The molecule has 1 aromatic heterocycles. The van der Waals surface area contributed by atoms with Gasteiger partial charge in [0.25, 0.3) is 0 Å². The van der Waals surface area contributed by atoms with E-state index in [1.54, 1.807) is 0 Å². The van der Waals surface area contributed by atoms with Crippen LogP contribution in [0.15, 0.2) is 16.5 Å². The van der Waals surface area contributed by atoms with Crippen LogP contribution in [0.5, 0.6) is 0 Å². The summed E-state index contributed by atoms with van der Waals surface area (Å²) in [6, 6.07) is 4.06. The molecule has 1 N–H and O–H groups in total. The molecule has 106 valence electrons. The van der Waals surface area contributed by atoms with Gasteiger partial charge in [-0.15, -0.1) is 0 Å². The molecule has 1 spiro atoms. The van der Waals surface area contributed by atoms with E-state index < -0.39 is 0 Å². The zero-order valence-corrected chi connectivity index (χ0v) is 11.9. The van der Waals surface area contributed by atoms with E-state index >= 15 is 0 Å². The van der Waals surface area contributed by atoms with Crippen molar-refractivity contribution in [2.24, 2.45) is 0 Å². The lowest BCUT2D eigenvalue weighted by molar-refractivity contribution is -0.0624. The molecular weight excluding hydrogens is 238 g/mol. The fourth-order valence-electron chi connectivity index (χ4n) is 3.54. The number of rotatable bonds is 4. The van der Waals surface area contributed by atoms with E-state index in [2.05, 4.69) is 5.32 Å². The predicted molar refractivity (Wildman–Crippen MR) is 75.1 cm³/mol. The van der Waals surface area contributed by atoms with Gasteiger partial charge < -0.3 is 14.5 Å². The van der Waals surface area contributed by atoms with Crippen molar-refractivity contribution in [2.45, 2.75) is 70.1 Å². The van der Waals surface area contributed by atoms with Gasteiger partial charge in [0.05, 0.1) is 18.2 Å². The molecule has 0 amide bonds. The monoisotopic (exact) mass is 263 g/mol. The van der Waals surface area contributed by atoms with Gasteiger partial charge >= 0.3 is 0 Å². The Morgan fingerprint density at radius 2 is 2.05 bits per heavy atom. The average Bonchev–Trinajstić information content (AvgIpc) is 2.99. The van der Waals surface area contributed by atoms with Crippen molar-refractivity contribution in [1.82, 2.24) is 5.32 Å². The molecule has 0 radical (unpaired) electrons. The van der Waals surface area contributed by atoms with Crippen LogP contribution >= 0.6 is 0 Å². The topological polar surface area (TPSA) is 34.4 Å². The Hall–Kier alpha value is -0.800. The molecule has 3 nitrogen and oxygen atoms in total. The first-order valence-corrected chi connectivity index (χ1v) is 7.70. The van der Waals surface area contributed by atoms with Crippen LogP contribution in [0.2, 0.25) is 0 Å². The predicted octanol–water partition coefficient (Wildman–Crippen LogP) is 3.56. The molecule has 0 bridgehead atoms. The zero-order chi connectivity index (χ0) is 13.1. The highest BCUT2D eigenvalue weighted by atomic mass is 16.5. The van der Waals surface area contributed by atoms with E-state index in [1.807, 2.05) is 19.1 Å². The van der Waals surface area contributed by atoms with Crippen molar-refractivity contribution in [1.29, 1.82) is 0 Å². The van der Waals surface area contributed by atoms with E-state index in [0.717, 1.165) is 24.6 Å². The van der Waals surface area contributed by atoms with E-state index in [0.29, 0.717) is 6.10 Å². The van der Waals surface area contributed by atoms with Crippen molar-refractivity contribution in [3.63, 3.8) is 0 Å². The summed E-state index contributed by atoms with van der Waals surface area (Å²) in [5.74, 6) is 2.00. The highest BCUT2D eigenvalue weighted by Crippen LogP contribution is 2.41. The van der Waals surface area contributed by atoms with Crippen LogP contribution in [0.3, 0.4) is 0 Å². The maximum atomic E-state index is 6.34. The van der Waals surface area contributed by atoms with Crippen LogP contribution in [0.25, 0.3) is 0 Å². The SMILES string of the molecule is Cc1ccc(CNCC2CCC3(CCCCC3)O2)o1. The third-order valence-electron chi connectivity index (χ3n) is 4.57. The van der Waals surface area contributed by atoms with Crippen LogP contribution in [0, 0.1) is 6.92 Å². The molecule has 1 aliphatic carbocycles. The fraction of sp³-hybridized carbons (Fsp3) is 0.750. The maximum absolute atomic E-state index is 6.34. The summed E-state index contributed by atoms with van der Waals surface area (Å²) in [4.78, 5) is 0. The van der Waals surface area contributed by atoms with Gasteiger partial charge in [-0.1, -0.05) is 19.3 Å². The standard InChI is InChI=1S/C16H25NO2/c1-13-5-6-14(18-13)11-17-12-15-7-10-16(19-15)8-3-2-4-9-16/h5-6,15,17H,2-4,7-12H2,1H3. The maximum Gasteiger partial charge on any atom is 0.117 e. The van der Waals surface area contributed by atoms with Gasteiger partial charge in [-0.3, -0.25) is 0 Å². The van der Waals surface area contributed by atoms with Gasteiger partial charge in [-0.25, -0.2) is 0 Å². The largest absolute Gasteiger partial charge is 0.465 e. The lowest BCUT2D eigenvalue weighted by atomic mass is 9.83. The van der Waals surface area contributed by atoms with E-state index in [9.17, 15) is 0 Å². The van der Waals surface area contributed by atoms with Gasteiger partial charge in [0.2, 0.25) is 0 Å². The second-order valence-electron chi connectivity index (χ2n) is 6.17. The third-order valence-corrected chi connectivity index (χ3v) is 4.57. The molecule has 1 aromatic rings. The summed E-state index contributed by atoms with van der Waals surface area (Å²) in [6.45, 7) is 3.73. The third kappa shape index (κ3) is 3.21. The number of nitrogens with one attached hydrogen (secondary N) is 1. The Bertz CT molecular complexity index is 407. The summed E-state index contributed by atoms with van der Waals surface area (Å²) in [6.07, 6.45) is 9.53. The Morgan fingerprint density at radius 3 is 2.79 bits per heavy atom. The second kappa shape index (κ2) is 5.68. The van der Waals surface area contributed by atoms with E-state index in [-0.39, 0.29) is 5.60 Å². The molecule has 1 atom stereocenters. The second-order valence-corrected chi connectivity index (χ2v) is 6.17. The fourth-order valence-corrected chi connectivity index (χ4v) is 3.54. The smallest absolute Gasteiger partial charge is 0.117 e. The summed E-state index contributed by atoms with van der Waals surface area (Å²) in [7, 11) is 0. The molecule has 2 fully saturated rings. The van der Waals surface area contributed by atoms with Crippen molar-refractivity contribution in [3.05, 3.63) is 23.7 Å². The summed E-state index contributed by atoms with van der Waals surface area (Å²) in [5, 5.41) is 3.46. The normalized spacial score (nSPS) is 26.1. The summed E-state index contributed by atoms with van der Waals surface area (Å²) < 4.78 is 11.9. The Kier molecular flexibility index (Phi) is 3.94. The number of hydrogen-bond acceptors (Lipinski definition) is 3. The molecular formula is C16H25NO2. The van der Waals surface area contributed by atoms with E-state index in [4.69, 9.17) is 9.15 Å².